The van der Waals surface area contributed by atoms with Crippen molar-refractivity contribution in [3.63, 3.8) is 0 Å². The average Bonchev–Trinajstić information content (AvgIpc) is 2.31. The summed E-state index contributed by atoms with van der Waals surface area (Å²) in [5, 5.41) is 0. The molecule has 0 radical (unpaired) electrons. The molecule has 0 aromatic heterocycles. The summed E-state index contributed by atoms with van der Waals surface area (Å²) in [5.74, 6) is 0.409. The molecule has 16 heavy (non-hydrogen) atoms. The second-order valence-electron chi connectivity index (χ2n) is 3.42. The van der Waals surface area contributed by atoms with Gasteiger partial charge in [-0.1, -0.05) is 29.8 Å². The van der Waals surface area contributed by atoms with Crippen molar-refractivity contribution in [1.29, 1.82) is 0 Å². The zero-order valence-electron chi connectivity index (χ0n) is 9.82. The van der Waals surface area contributed by atoms with E-state index in [2.05, 4.69) is 4.74 Å². The number of aryl methyl sites for hydroxylation is 1. The van der Waals surface area contributed by atoms with Gasteiger partial charge in [0.05, 0.1) is 20.6 Å². The van der Waals surface area contributed by atoms with Crippen LogP contribution in [0.1, 0.15) is 17.5 Å². The van der Waals surface area contributed by atoms with Crippen molar-refractivity contribution in [3.05, 3.63) is 41.5 Å². The van der Waals surface area contributed by atoms with Gasteiger partial charge in [-0.25, -0.2) is 0 Å². The molecule has 0 aliphatic carbocycles. The second-order valence-corrected chi connectivity index (χ2v) is 3.42. The van der Waals surface area contributed by atoms with Crippen LogP contribution >= 0.6 is 0 Å². The van der Waals surface area contributed by atoms with Gasteiger partial charge >= 0.3 is 5.97 Å². The summed E-state index contributed by atoms with van der Waals surface area (Å²) in [6.07, 6.45) is 1.93. The van der Waals surface area contributed by atoms with Gasteiger partial charge in [0.25, 0.3) is 0 Å². The fourth-order valence-corrected chi connectivity index (χ4v) is 1.30. The molecule has 0 spiro atoms. The van der Waals surface area contributed by atoms with Crippen LogP contribution in [0, 0.1) is 6.92 Å². The number of benzene rings is 1. The predicted molar refractivity (Wildman–Crippen MR) is 62.8 cm³/mol. The Kier molecular flexibility index (Phi) is 4.58. The average molecular weight is 220 g/mol. The van der Waals surface area contributed by atoms with Crippen molar-refractivity contribution in [2.24, 2.45) is 0 Å². The molecular weight excluding hydrogens is 204 g/mol. The van der Waals surface area contributed by atoms with Crippen LogP contribution in [-0.2, 0) is 14.3 Å². The number of carbonyl (C=O) groups is 1. The minimum atomic E-state index is -0.276. The monoisotopic (exact) mass is 220 g/mol. The SMILES string of the molecule is COC(=O)C/C=C(/OC)c1ccc(C)cc1. The molecule has 0 saturated heterocycles. The third kappa shape index (κ3) is 3.42. The Morgan fingerprint density at radius 1 is 1.19 bits per heavy atom. The molecule has 0 heterocycles. The molecule has 0 amide bonds. The Hall–Kier alpha value is -1.77. The van der Waals surface area contributed by atoms with Gasteiger partial charge in [-0.15, -0.1) is 0 Å². The Labute approximate surface area is 95.7 Å². The smallest absolute Gasteiger partial charge is 0.309 e. The lowest BCUT2D eigenvalue weighted by atomic mass is 10.1. The first-order chi connectivity index (χ1) is 7.67. The van der Waals surface area contributed by atoms with Gasteiger partial charge in [-0.05, 0) is 13.0 Å². The first-order valence-corrected chi connectivity index (χ1v) is 5.05. The van der Waals surface area contributed by atoms with Gasteiger partial charge in [0, 0.05) is 5.56 Å². The minimum Gasteiger partial charge on any atom is -0.496 e. The zero-order chi connectivity index (χ0) is 12.0. The summed E-state index contributed by atoms with van der Waals surface area (Å²) in [6.45, 7) is 2.02. The number of carbonyl (C=O) groups excluding carboxylic acids is 1. The van der Waals surface area contributed by atoms with Crippen LogP contribution in [0.3, 0.4) is 0 Å². The van der Waals surface area contributed by atoms with Crippen molar-refractivity contribution in [3.8, 4) is 0 Å². The standard InChI is InChI=1S/C13H16O3/c1-10-4-6-11(7-5-10)12(15-2)8-9-13(14)16-3/h4-8H,9H2,1-3H3/b12-8+. The molecular formula is C13H16O3. The number of methoxy groups -OCH3 is 2. The molecule has 1 rings (SSSR count). The lowest BCUT2D eigenvalue weighted by Gasteiger charge is -2.06. The van der Waals surface area contributed by atoms with E-state index in [0.717, 1.165) is 5.56 Å². The second kappa shape index (κ2) is 5.95. The Bertz CT molecular complexity index is 377. The van der Waals surface area contributed by atoms with Crippen molar-refractivity contribution >= 4 is 11.7 Å². The normalized spacial score (nSPS) is 11.1. The summed E-state index contributed by atoms with van der Waals surface area (Å²) in [7, 11) is 2.96. The molecule has 0 aliphatic heterocycles. The maximum absolute atomic E-state index is 11.0. The lowest BCUT2D eigenvalue weighted by Crippen LogP contribution is -1.98. The van der Waals surface area contributed by atoms with Gasteiger partial charge < -0.3 is 9.47 Å². The lowest BCUT2D eigenvalue weighted by molar-refractivity contribution is -0.139. The number of rotatable bonds is 4. The minimum absolute atomic E-state index is 0.216. The van der Waals surface area contributed by atoms with E-state index < -0.39 is 0 Å². The van der Waals surface area contributed by atoms with Crippen LogP contribution in [0.4, 0.5) is 0 Å². The summed E-state index contributed by atoms with van der Waals surface area (Å²) in [5.41, 5.74) is 2.14. The third-order valence-electron chi connectivity index (χ3n) is 2.24. The molecule has 0 atom stereocenters. The highest BCUT2D eigenvalue weighted by Crippen LogP contribution is 2.16. The first-order valence-electron chi connectivity index (χ1n) is 5.05. The van der Waals surface area contributed by atoms with Gasteiger partial charge in [0.1, 0.15) is 5.76 Å². The quantitative estimate of drug-likeness (QED) is 0.578. The first kappa shape index (κ1) is 12.3. The number of esters is 1. The number of ether oxygens (including phenoxy) is 2. The maximum atomic E-state index is 11.0. The van der Waals surface area contributed by atoms with Gasteiger partial charge in [0.2, 0.25) is 0 Å². The summed E-state index contributed by atoms with van der Waals surface area (Å²) < 4.78 is 9.79. The van der Waals surface area contributed by atoms with Crippen molar-refractivity contribution in [1.82, 2.24) is 0 Å². The highest BCUT2D eigenvalue weighted by atomic mass is 16.5. The van der Waals surface area contributed by atoms with Gasteiger partial charge in [0.15, 0.2) is 0 Å². The van der Waals surface area contributed by atoms with Crippen LogP contribution in [0.25, 0.3) is 5.76 Å². The van der Waals surface area contributed by atoms with E-state index in [-0.39, 0.29) is 12.4 Å². The molecule has 0 fully saturated rings. The molecule has 1 aromatic rings. The summed E-state index contributed by atoms with van der Waals surface area (Å²) >= 11 is 0. The van der Waals surface area contributed by atoms with Crippen LogP contribution in [-0.4, -0.2) is 20.2 Å². The molecule has 0 aliphatic rings. The Balaban J connectivity index is 2.81. The maximum Gasteiger partial charge on any atom is 0.309 e. The van der Waals surface area contributed by atoms with E-state index >= 15 is 0 Å². The predicted octanol–water partition coefficient (Wildman–Crippen LogP) is 2.55. The number of hydrogen-bond donors (Lipinski definition) is 0. The summed E-state index contributed by atoms with van der Waals surface area (Å²) in [4.78, 5) is 11.0. The van der Waals surface area contributed by atoms with E-state index in [4.69, 9.17) is 4.74 Å². The van der Waals surface area contributed by atoms with E-state index in [1.165, 1.54) is 12.7 Å². The topological polar surface area (TPSA) is 35.5 Å². The summed E-state index contributed by atoms with van der Waals surface area (Å²) in [6, 6.07) is 7.92. The molecule has 0 N–H and O–H groups in total. The zero-order valence-corrected chi connectivity index (χ0v) is 9.82. The molecule has 0 bridgehead atoms. The van der Waals surface area contributed by atoms with Crippen molar-refractivity contribution < 1.29 is 14.3 Å². The molecule has 0 unspecified atom stereocenters. The van der Waals surface area contributed by atoms with Crippen LogP contribution in [0.15, 0.2) is 30.3 Å². The van der Waals surface area contributed by atoms with Crippen LogP contribution in [0.5, 0.6) is 0 Å². The Morgan fingerprint density at radius 2 is 1.81 bits per heavy atom. The fraction of sp³-hybridized carbons (Fsp3) is 0.308. The van der Waals surface area contributed by atoms with E-state index in [1.54, 1.807) is 13.2 Å². The largest absolute Gasteiger partial charge is 0.496 e. The highest BCUT2D eigenvalue weighted by Gasteiger charge is 2.03. The van der Waals surface area contributed by atoms with Crippen LogP contribution < -0.4 is 0 Å². The molecule has 3 nitrogen and oxygen atoms in total. The molecule has 86 valence electrons. The fourth-order valence-electron chi connectivity index (χ4n) is 1.30. The molecule has 0 saturated carbocycles. The highest BCUT2D eigenvalue weighted by molar-refractivity contribution is 5.74. The van der Waals surface area contributed by atoms with E-state index in [0.29, 0.717) is 5.76 Å². The van der Waals surface area contributed by atoms with E-state index in [1.807, 2.05) is 31.2 Å². The van der Waals surface area contributed by atoms with Crippen molar-refractivity contribution in [2.75, 3.05) is 14.2 Å². The van der Waals surface area contributed by atoms with Crippen molar-refractivity contribution in [2.45, 2.75) is 13.3 Å². The van der Waals surface area contributed by atoms with Gasteiger partial charge in [-0.2, -0.15) is 0 Å². The molecule has 1 aromatic carbocycles. The third-order valence-corrected chi connectivity index (χ3v) is 2.24. The van der Waals surface area contributed by atoms with Crippen LogP contribution in [0.2, 0.25) is 0 Å². The Morgan fingerprint density at radius 3 is 2.31 bits per heavy atom. The molecule has 3 heteroatoms. The number of hydrogen-bond acceptors (Lipinski definition) is 3. The van der Waals surface area contributed by atoms with Gasteiger partial charge in [-0.3, -0.25) is 4.79 Å². The van der Waals surface area contributed by atoms with E-state index in [9.17, 15) is 4.79 Å².